The van der Waals surface area contributed by atoms with Crippen molar-refractivity contribution >= 4 is 41.0 Å². The third kappa shape index (κ3) is 4.37. The molecule has 2 aromatic carbocycles. The molecule has 0 heterocycles. The van der Waals surface area contributed by atoms with Crippen LogP contribution in [0, 0.1) is 10.1 Å². The highest BCUT2D eigenvalue weighted by Gasteiger charge is 2.15. The second-order valence-electron chi connectivity index (χ2n) is 4.45. The van der Waals surface area contributed by atoms with Crippen LogP contribution in [0.3, 0.4) is 0 Å². The number of nitrogens with zero attached hydrogens (tertiary/aromatic N) is 2. The van der Waals surface area contributed by atoms with E-state index in [1.807, 2.05) is 5.43 Å². The summed E-state index contributed by atoms with van der Waals surface area (Å²) in [6.07, 6.45) is 1.08. The first-order valence-corrected chi connectivity index (χ1v) is 6.99. The van der Waals surface area contributed by atoms with Crippen molar-refractivity contribution in [2.45, 2.75) is 0 Å². The van der Waals surface area contributed by atoms with Crippen LogP contribution in [0.1, 0.15) is 5.56 Å². The molecule has 0 atom stereocenters. The van der Waals surface area contributed by atoms with E-state index in [1.165, 1.54) is 24.3 Å². The summed E-state index contributed by atoms with van der Waals surface area (Å²) in [5.74, 6) is -2.01. The molecule has 0 unspecified atom stereocenters. The van der Waals surface area contributed by atoms with Gasteiger partial charge in [-0.2, -0.15) is 5.10 Å². The number of nitro groups is 1. The lowest BCUT2D eigenvalue weighted by atomic mass is 10.2. The fourth-order valence-corrected chi connectivity index (χ4v) is 1.90. The van der Waals surface area contributed by atoms with Crippen LogP contribution in [0.15, 0.2) is 53.6 Å². The van der Waals surface area contributed by atoms with Gasteiger partial charge in [0.15, 0.2) is 0 Å². The van der Waals surface area contributed by atoms with Crippen LogP contribution in [0.2, 0.25) is 5.02 Å². The van der Waals surface area contributed by atoms with Gasteiger partial charge in [0.2, 0.25) is 0 Å². The van der Waals surface area contributed by atoms with Gasteiger partial charge in [0.1, 0.15) is 0 Å². The highest BCUT2D eigenvalue weighted by molar-refractivity contribution is 6.41. The van der Waals surface area contributed by atoms with E-state index < -0.39 is 16.7 Å². The minimum atomic E-state index is -1.04. The van der Waals surface area contributed by atoms with E-state index in [9.17, 15) is 19.7 Å². The Balaban J connectivity index is 1.99. The van der Waals surface area contributed by atoms with Gasteiger partial charge in [-0.3, -0.25) is 19.7 Å². The predicted octanol–water partition coefficient (Wildman–Crippen LogP) is 2.34. The van der Waals surface area contributed by atoms with Gasteiger partial charge in [-0.1, -0.05) is 35.9 Å². The van der Waals surface area contributed by atoms with Gasteiger partial charge in [-0.25, -0.2) is 5.43 Å². The van der Waals surface area contributed by atoms with Crippen LogP contribution in [0.25, 0.3) is 0 Å². The number of para-hydroxylation sites is 2. The fraction of sp³-hybridized carbons (Fsp3) is 0. The molecule has 0 aliphatic heterocycles. The summed E-state index contributed by atoms with van der Waals surface area (Å²) in [6, 6.07) is 12.3. The van der Waals surface area contributed by atoms with Gasteiger partial charge in [0.25, 0.3) is 5.69 Å². The molecule has 0 saturated carbocycles. The predicted molar refractivity (Wildman–Crippen MR) is 88.9 cm³/mol. The van der Waals surface area contributed by atoms with Crippen molar-refractivity contribution in [2.24, 2.45) is 5.10 Å². The topological polar surface area (TPSA) is 114 Å². The molecule has 0 spiro atoms. The lowest BCUT2D eigenvalue weighted by Crippen LogP contribution is -2.32. The summed E-state index contributed by atoms with van der Waals surface area (Å²) in [6.45, 7) is 0. The molecule has 2 N–H and O–H groups in total. The van der Waals surface area contributed by atoms with Gasteiger partial charge in [0.05, 0.1) is 27.4 Å². The van der Waals surface area contributed by atoms with Gasteiger partial charge >= 0.3 is 11.8 Å². The molecule has 0 radical (unpaired) electrons. The number of halogens is 1. The number of hydrazone groups is 1. The average molecular weight is 347 g/mol. The maximum atomic E-state index is 11.7. The normalized spacial score (nSPS) is 10.4. The van der Waals surface area contributed by atoms with Gasteiger partial charge in [-0.05, 0) is 18.2 Å². The zero-order valence-corrected chi connectivity index (χ0v) is 12.9. The maximum absolute atomic E-state index is 11.7. The minimum Gasteiger partial charge on any atom is -0.316 e. The molecule has 0 bridgehead atoms. The molecular weight excluding hydrogens is 336 g/mol. The standard InChI is InChI=1S/C15H11ClN4O4/c16-11-6-2-3-7-12(11)18-14(21)15(22)19-17-9-10-5-1-4-8-13(10)20(23)24/h1-9H,(H,18,21)(H,19,22)/b17-9-. The molecule has 122 valence electrons. The molecule has 24 heavy (non-hydrogen) atoms. The molecule has 2 rings (SSSR count). The Morgan fingerprint density at radius 2 is 1.75 bits per heavy atom. The molecule has 0 saturated heterocycles. The first-order chi connectivity index (χ1) is 11.5. The molecule has 0 aliphatic rings. The Hall–Kier alpha value is -3.26. The number of anilines is 1. The number of carbonyl (C=O) groups excluding carboxylic acids is 2. The fourth-order valence-electron chi connectivity index (χ4n) is 1.72. The number of nitrogens with one attached hydrogen (secondary N) is 2. The summed E-state index contributed by atoms with van der Waals surface area (Å²) in [5.41, 5.74) is 2.29. The third-order valence-electron chi connectivity index (χ3n) is 2.83. The molecular formula is C15H11ClN4O4. The lowest BCUT2D eigenvalue weighted by molar-refractivity contribution is -0.385. The number of benzene rings is 2. The van der Waals surface area contributed by atoms with E-state index in [0.717, 1.165) is 6.21 Å². The maximum Gasteiger partial charge on any atom is 0.329 e. The van der Waals surface area contributed by atoms with E-state index in [2.05, 4.69) is 10.4 Å². The molecule has 9 heteroatoms. The van der Waals surface area contributed by atoms with E-state index >= 15 is 0 Å². The number of nitro benzene ring substituents is 1. The Morgan fingerprint density at radius 3 is 2.46 bits per heavy atom. The lowest BCUT2D eigenvalue weighted by Gasteiger charge is -2.05. The Morgan fingerprint density at radius 1 is 1.08 bits per heavy atom. The molecule has 8 nitrogen and oxygen atoms in total. The van der Waals surface area contributed by atoms with Gasteiger partial charge in [0, 0.05) is 6.07 Å². The zero-order chi connectivity index (χ0) is 17.5. The number of rotatable bonds is 4. The minimum absolute atomic E-state index is 0.170. The van der Waals surface area contributed by atoms with E-state index in [4.69, 9.17) is 11.6 Å². The van der Waals surface area contributed by atoms with Crippen LogP contribution in [-0.4, -0.2) is 23.0 Å². The van der Waals surface area contributed by atoms with Crippen LogP contribution in [0.5, 0.6) is 0 Å². The van der Waals surface area contributed by atoms with Gasteiger partial charge in [-0.15, -0.1) is 0 Å². The summed E-state index contributed by atoms with van der Waals surface area (Å²) in [5, 5.41) is 17.0. The summed E-state index contributed by atoms with van der Waals surface area (Å²) in [4.78, 5) is 33.6. The highest BCUT2D eigenvalue weighted by atomic mass is 35.5. The van der Waals surface area contributed by atoms with Crippen LogP contribution in [0.4, 0.5) is 11.4 Å². The Kier molecular flexibility index (Phi) is 5.58. The van der Waals surface area contributed by atoms with Crippen molar-refractivity contribution in [1.82, 2.24) is 5.43 Å². The smallest absolute Gasteiger partial charge is 0.316 e. The molecule has 2 amide bonds. The van der Waals surface area contributed by atoms with Crippen LogP contribution >= 0.6 is 11.6 Å². The SMILES string of the molecule is O=C(N/N=C\c1ccccc1[N+](=O)[O-])C(=O)Nc1ccccc1Cl. The summed E-state index contributed by atoms with van der Waals surface area (Å²) in [7, 11) is 0. The van der Waals surface area contributed by atoms with Gasteiger partial charge < -0.3 is 5.32 Å². The first-order valence-electron chi connectivity index (χ1n) is 6.61. The van der Waals surface area contributed by atoms with E-state index in [1.54, 1.807) is 24.3 Å². The molecule has 0 aromatic heterocycles. The zero-order valence-electron chi connectivity index (χ0n) is 12.1. The molecule has 0 aliphatic carbocycles. The third-order valence-corrected chi connectivity index (χ3v) is 3.16. The van der Waals surface area contributed by atoms with E-state index in [-0.39, 0.29) is 22.0 Å². The van der Waals surface area contributed by atoms with Crippen LogP contribution < -0.4 is 10.7 Å². The van der Waals surface area contributed by atoms with Crippen molar-refractivity contribution in [3.05, 3.63) is 69.2 Å². The van der Waals surface area contributed by atoms with Crippen molar-refractivity contribution in [3.8, 4) is 0 Å². The summed E-state index contributed by atoms with van der Waals surface area (Å²) >= 11 is 5.86. The number of hydrogen-bond donors (Lipinski definition) is 2. The monoisotopic (exact) mass is 346 g/mol. The number of carbonyl (C=O) groups is 2. The van der Waals surface area contributed by atoms with Crippen molar-refractivity contribution < 1.29 is 14.5 Å². The van der Waals surface area contributed by atoms with Crippen LogP contribution in [-0.2, 0) is 9.59 Å². The van der Waals surface area contributed by atoms with Crippen molar-refractivity contribution in [1.29, 1.82) is 0 Å². The molecule has 2 aromatic rings. The average Bonchev–Trinajstić information content (AvgIpc) is 2.57. The highest BCUT2D eigenvalue weighted by Crippen LogP contribution is 2.20. The van der Waals surface area contributed by atoms with Crippen molar-refractivity contribution in [2.75, 3.05) is 5.32 Å². The Bertz CT molecular complexity index is 823. The molecule has 0 fully saturated rings. The quantitative estimate of drug-likeness (QED) is 0.382. The number of hydrogen-bond acceptors (Lipinski definition) is 5. The van der Waals surface area contributed by atoms with Crippen molar-refractivity contribution in [3.63, 3.8) is 0 Å². The van der Waals surface area contributed by atoms with E-state index in [0.29, 0.717) is 0 Å². The second kappa shape index (κ2) is 7.84. The second-order valence-corrected chi connectivity index (χ2v) is 4.86. The number of amides is 2. The Labute approximate surface area is 141 Å². The largest absolute Gasteiger partial charge is 0.329 e. The summed E-state index contributed by atoms with van der Waals surface area (Å²) < 4.78 is 0. The first kappa shape index (κ1) is 17.1.